The number of urea groups is 1. The summed E-state index contributed by atoms with van der Waals surface area (Å²) in [6.45, 7) is 1.89. The molecule has 20 heavy (non-hydrogen) atoms. The number of aromatic amines is 1. The highest BCUT2D eigenvalue weighted by molar-refractivity contribution is 5.95. The van der Waals surface area contributed by atoms with Crippen molar-refractivity contribution in [3.8, 4) is 0 Å². The molecule has 3 N–H and O–H groups in total. The molecule has 1 aromatic heterocycles. The number of H-pyrrole nitrogens is 1. The van der Waals surface area contributed by atoms with Crippen LogP contribution >= 0.6 is 0 Å². The van der Waals surface area contributed by atoms with Crippen molar-refractivity contribution in [2.75, 3.05) is 11.9 Å². The van der Waals surface area contributed by atoms with Crippen LogP contribution in [0.5, 0.6) is 0 Å². The topological polar surface area (TPSA) is 113 Å². The number of tetrazole rings is 1. The van der Waals surface area contributed by atoms with Gasteiger partial charge in [-0.2, -0.15) is 5.21 Å². The van der Waals surface area contributed by atoms with E-state index in [9.17, 15) is 9.59 Å². The standard InChI is InChI=1S/C12H14N6O2/c1-8(19)9-2-4-10(5-3-9)14-12(20)13-7-6-11-15-17-18-16-11/h2-5H,6-7H2,1H3,(H2,13,14,20)(H,15,16,17,18). The highest BCUT2D eigenvalue weighted by atomic mass is 16.2. The van der Waals surface area contributed by atoms with Crippen molar-refractivity contribution in [1.82, 2.24) is 25.9 Å². The maximum atomic E-state index is 11.6. The van der Waals surface area contributed by atoms with Crippen molar-refractivity contribution >= 4 is 17.5 Å². The van der Waals surface area contributed by atoms with Gasteiger partial charge in [0.1, 0.15) is 0 Å². The Balaban J connectivity index is 1.77. The second-order valence-electron chi connectivity index (χ2n) is 4.09. The lowest BCUT2D eigenvalue weighted by atomic mass is 10.1. The normalized spacial score (nSPS) is 10.1. The van der Waals surface area contributed by atoms with Gasteiger partial charge < -0.3 is 10.6 Å². The van der Waals surface area contributed by atoms with E-state index >= 15 is 0 Å². The van der Waals surface area contributed by atoms with E-state index in [0.29, 0.717) is 30.0 Å². The maximum absolute atomic E-state index is 11.6. The first-order chi connectivity index (χ1) is 9.65. The molecule has 2 amide bonds. The van der Waals surface area contributed by atoms with E-state index in [4.69, 9.17) is 0 Å². The molecular formula is C12H14N6O2. The minimum absolute atomic E-state index is 0.0129. The highest BCUT2D eigenvalue weighted by Crippen LogP contribution is 2.09. The van der Waals surface area contributed by atoms with E-state index in [1.807, 2.05) is 0 Å². The number of ketones is 1. The molecule has 1 aromatic carbocycles. The van der Waals surface area contributed by atoms with Crippen molar-refractivity contribution in [3.63, 3.8) is 0 Å². The maximum Gasteiger partial charge on any atom is 0.319 e. The third-order valence-electron chi connectivity index (χ3n) is 2.57. The quantitative estimate of drug-likeness (QED) is 0.697. The molecule has 0 atom stereocenters. The molecule has 8 nitrogen and oxygen atoms in total. The van der Waals surface area contributed by atoms with Crippen LogP contribution in [-0.4, -0.2) is 39.0 Å². The Labute approximate surface area is 115 Å². The lowest BCUT2D eigenvalue weighted by molar-refractivity contribution is 0.101. The summed E-state index contributed by atoms with van der Waals surface area (Å²) in [6.07, 6.45) is 0.493. The molecule has 0 saturated carbocycles. The molecule has 0 fully saturated rings. The number of nitrogens with zero attached hydrogens (tertiary/aromatic N) is 3. The number of carbonyl (C=O) groups excluding carboxylic acids is 2. The largest absolute Gasteiger partial charge is 0.337 e. The minimum Gasteiger partial charge on any atom is -0.337 e. The van der Waals surface area contributed by atoms with Crippen LogP contribution in [0.1, 0.15) is 23.1 Å². The summed E-state index contributed by atoms with van der Waals surface area (Å²) in [4.78, 5) is 22.7. The van der Waals surface area contributed by atoms with Crippen LogP contribution in [0.25, 0.3) is 0 Å². The van der Waals surface area contributed by atoms with Crippen LogP contribution in [0.15, 0.2) is 24.3 Å². The summed E-state index contributed by atoms with van der Waals surface area (Å²) in [6, 6.07) is 6.35. The predicted molar refractivity (Wildman–Crippen MR) is 71.3 cm³/mol. The lowest BCUT2D eigenvalue weighted by Gasteiger charge is -2.07. The summed E-state index contributed by atoms with van der Waals surface area (Å²) < 4.78 is 0. The number of carbonyl (C=O) groups is 2. The molecule has 0 unspecified atom stereocenters. The first kappa shape index (κ1) is 13.7. The zero-order valence-electron chi connectivity index (χ0n) is 10.9. The van der Waals surface area contributed by atoms with Gasteiger partial charge in [-0.1, -0.05) is 5.21 Å². The summed E-state index contributed by atoms with van der Waals surface area (Å²) in [5, 5.41) is 18.6. The zero-order valence-corrected chi connectivity index (χ0v) is 10.9. The monoisotopic (exact) mass is 274 g/mol. The van der Waals surface area contributed by atoms with Crippen LogP contribution in [0.3, 0.4) is 0 Å². The predicted octanol–water partition coefficient (Wildman–Crippen LogP) is 0.766. The fourth-order valence-electron chi connectivity index (χ4n) is 1.54. The molecule has 1 heterocycles. The fraction of sp³-hybridized carbons (Fsp3) is 0.250. The lowest BCUT2D eigenvalue weighted by Crippen LogP contribution is -2.30. The molecule has 0 aliphatic heterocycles. The zero-order chi connectivity index (χ0) is 14.4. The number of rotatable bonds is 5. The van der Waals surface area contributed by atoms with Crippen molar-refractivity contribution in [2.45, 2.75) is 13.3 Å². The van der Waals surface area contributed by atoms with E-state index in [0.717, 1.165) is 0 Å². The smallest absolute Gasteiger partial charge is 0.319 e. The van der Waals surface area contributed by atoms with Gasteiger partial charge >= 0.3 is 6.03 Å². The van der Waals surface area contributed by atoms with Crippen LogP contribution < -0.4 is 10.6 Å². The van der Waals surface area contributed by atoms with Crippen LogP contribution in [-0.2, 0) is 6.42 Å². The third-order valence-corrected chi connectivity index (χ3v) is 2.57. The van der Waals surface area contributed by atoms with Crippen molar-refractivity contribution in [3.05, 3.63) is 35.7 Å². The van der Waals surface area contributed by atoms with Gasteiger partial charge in [0, 0.05) is 24.2 Å². The van der Waals surface area contributed by atoms with Crippen molar-refractivity contribution in [1.29, 1.82) is 0 Å². The second kappa shape index (κ2) is 6.41. The molecule has 0 aliphatic carbocycles. The molecule has 2 rings (SSSR count). The minimum atomic E-state index is -0.330. The van der Waals surface area contributed by atoms with Gasteiger partial charge in [0.15, 0.2) is 11.6 Å². The Morgan fingerprint density at radius 3 is 2.60 bits per heavy atom. The number of nitrogens with one attached hydrogen (secondary N) is 3. The average Bonchev–Trinajstić information content (AvgIpc) is 2.92. The molecule has 0 bridgehead atoms. The van der Waals surface area contributed by atoms with Gasteiger partial charge in [0.25, 0.3) is 0 Å². The number of aromatic nitrogens is 4. The van der Waals surface area contributed by atoms with E-state index in [1.54, 1.807) is 24.3 Å². The van der Waals surface area contributed by atoms with E-state index in [-0.39, 0.29) is 11.8 Å². The number of anilines is 1. The van der Waals surface area contributed by atoms with Gasteiger partial charge in [0.05, 0.1) is 0 Å². The Hall–Kier alpha value is -2.77. The summed E-state index contributed by atoms with van der Waals surface area (Å²) in [5.74, 6) is 0.525. The summed E-state index contributed by atoms with van der Waals surface area (Å²) >= 11 is 0. The van der Waals surface area contributed by atoms with Crippen LogP contribution in [0.4, 0.5) is 10.5 Å². The number of amides is 2. The number of hydrogen-bond acceptors (Lipinski definition) is 5. The Bertz CT molecular complexity index is 579. The Kier molecular flexibility index (Phi) is 4.38. The Morgan fingerprint density at radius 1 is 1.25 bits per heavy atom. The van der Waals surface area contributed by atoms with Crippen LogP contribution in [0.2, 0.25) is 0 Å². The number of benzene rings is 1. The fourth-order valence-corrected chi connectivity index (χ4v) is 1.54. The molecule has 104 valence electrons. The van der Waals surface area contributed by atoms with Gasteiger partial charge in [-0.05, 0) is 31.2 Å². The molecule has 0 saturated heterocycles. The molecule has 0 aliphatic rings. The molecule has 0 spiro atoms. The van der Waals surface area contributed by atoms with Gasteiger partial charge in [0.2, 0.25) is 0 Å². The van der Waals surface area contributed by atoms with E-state index in [2.05, 4.69) is 31.3 Å². The number of hydrogen-bond donors (Lipinski definition) is 3. The van der Waals surface area contributed by atoms with Crippen LogP contribution in [0, 0.1) is 0 Å². The average molecular weight is 274 g/mol. The van der Waals surface area contributed by atoms with E-state index in [1.165, 1.54) is 6.92 Å². The van der Waals surface area contributed by atoms with Gasteiger partial charge in [-0.3, -0.25) is 4.79 Å². The Morgan fingerprint density at radius 2 is 2.00 bits per heavy atom. The van der Waals surface area contributed by atoms with Gasteiger partial charge in [-0.15, -0.1) is 10.2 Å². The van der Waals surface area contributed by atoms with Crippen molar-refractivity contribution in [2.24, 2.45) is 0 Å². The highest BCUT2D eigenvalue weighted by Gasteiger charge is 2.04. The number of Topliss-reactive ketones (excluding diaryl/α,β-unsaturated/α-hetero) is 1. The van der Waals surface area contributed by atoms with Gasteiger partial charge in [-0.25, -0.2) is 4.79 Å². The summed E-state index contributed by atoms with van der Waals surface area (Å²) in [7, 11) is 0. The van der Waals surface area contributed by atoms with E-state index < -0.39 is 0 Å². The first-order valence-electron chi connectivity index (χ1n) is 6.03. The summed E-state index contributed by atoms with van der Waals surface area (Å²) in [5.41, 5.74) is 1.22. The molecule has 2 aromatic rings. The molecule has 8 heteroatoms. The molecule has 0 radical (unpaired) electrons. The van der Waals surface area contributed by atoms with Crippen molar-refractivity contribution < 1.29 is 9.59 Å². The first-order valence-corrected chi connectivity index (χ1v) is 6.03. The molecular weight excluding hydrogens is 260 g/mol. The third kappa shape index (κ3) is 3.87. The SMILES string of the molecule is CC(=O)c1ccc(NC(=O)NCCc2nn[nH]n2)cc1. The second-order valence-corrected chi connectivity index (χ2v) is 4.09.